The minimum atomic E-state index is -0.631. The molecule has 0 radical (unpaired) electrons. The largest absolute Gasteiger partial charge is 0.303 e. The lowest BCUT2D eigenvalue weighted by molar-refractivity contribution is 0.323. The van der Waals surface area contributed by atoms with E-state index in [1.807, 2.05) is 13.8 Å². The summed E-state index contributed by atoms with van der Waals surface area (Å²) in [5.74, 6) is 0.807. The van der Waals surface area contributed by atoms with E-state index < -0.39 is 10.8 Å². The van der Waals surface area contributed by atoms with Crippen molar-refractivity contribution in [2.75, 3.05) is 31.6 Å². The highest BCUT2D eigenvalue weighted by Crippen LogP contribution is 1.86. The van der Waals surface area contributed by atoms with Crippen LogP contribution in [0, 0.1) is 0 Å². The Morgan fingerprint density at radius 1 is 1.17 bits per heavy atom. The zero-order valence-corrected chi connectivity index (χ0v) is 9.91. The normalized spacial score (nSPS) is 12.2. The summed E-state index contributed by atoms with van der Waals surface area (Å²) in [6.07, 6.45) is 1.75. The number of hydrogen-bond donors (Lipinski definition) is 0. The van der Waals surface area contributed by atoms with Gasteiger partial charge < -0.3 is 4.90 Å². The van der Waals surface area contributed by atoms with Crippen LogP contribution in [0.3, 0.4) is 0 Å². The van der Waals surface area contributed by atoms with Crippen LogP contribution in [-0.2, 0) is 10.8 Å². The molecule has 1 atom stereocenters. The van der Waals surface area contributed by atoms with Crippen LogP contribution >= 0.6 is 0 Å². The fourth-order valence-electron chi connectivity index (χ4n) is 0.797. The molecule has 0 heterocycles. The van der Waals surface area contributed by atoms with Gasteiger partial charge in [0.05, 0.1) is 0 Å². The Kier molecular flexibility index (Phi) is 13.5. The molecule has 3 heteroatoms. The summed E-state index contributed by atoms with van der Waals surface area (Å²) in [6.45, 7) is 11.3. The van der Waals surface area contributed by atoms with E-state index in [9.17, 15) is 4.21 Å². The number of hydrogen-bond acceptors (Lipinski definition) is 2. The zero-order valence-electron chi connectivity index (χ0n) is 9.09. The topological polar surface area (TPSA) is 20.3 Å². The first-order valence-corrected chi connectivity index (χ1v) is 6.45. The maximum absolute atomic E-state index is 10.7. The molecular weight excluding hydrogens is 170 g/mol. The maximum atomic E-state index is 10.7. The van der Waals surface area contributed by atoms with Gasteiger partial charge in [-0.25, -0.2) is 0 Å². The quantitative estimate of drug-likeness (QED) is 0.663. The van der Waals surface area contributed by atoms with E-state index in [0.717, 1.165) is 25.4 Å². The Bertz CT molecular complexity index is 103. The molecule has 0 aliphatic heterocycles. The highest BCUT2D eigenvalue weighted by atomic mass is 32.2. The lowest BCUT2D eigenvalue weighted by Crippen LogP contribution is -2.27. The standard InChI is InChI=1S/C7H17NOS.C2H6/c1-4-8(5-2)6-7-10(3)9;1-2/h4-7H2,1-3H3;1-2H3. The third-order valence-corrected chi connectivity index (χ3v) is 2.35. The van der Waals surface area contributed by atoms with Gasteiger partial charge in [0, 0.05) is 29.4 Å². The Labute approximate surface area is 79.8 Å². The van der Waals surface area contributed by atoms with Gasteiger partial charge in [0.15, 0.2) is 0 Å². The highest BCUT2D eigenvalue weighted by molar-refractivity contribution is 7.84. The summed E-state index contributed by atoms with van der Waals surface area (Å²) >= 11 is 0. The first-order valence-electron chi connectivity index (χ1n) is 4.73. The molecule has 0 amide bonds. The van der Waals surface area contributed by atoms with Crippen LogP contribution in [0.15, 0.2) is 0 Å². The molecule has 76 valence electrons. The van der Waals surface area contributed by atoms with Gasteiger partial charge in [-0.2, -0.15) is 0 Å². The minimum absolute atomic E-state index is 0.631. The first-order chi connectivity index (χ1) is 5.70. The Morgan fingerprint density at radius 2 is 1.58 bits per heavy atom. The molecule has 0 fully saturated rings. The van der Waals surface area contributed by atoms with E-state index in [2.05, 4.69) is 18.7 Å². The number of rotatable bonds is 5. The van der Waals surface area contributed by atoms with Crippen LogP contribution in [0.2, 0.25) is 0 Å². The molecule has 0 aromatic rings. The number of nitrogens with zero attached hydrogens (tertiary/aromatic N) is 1. The molecule has 0 aliphatic rings. The summed E-state index contributed by atoms with van der Waals surface area (Å²) in [5.41, 5.74) is 0. The van der Waals surface area contributed by atoms with Gasteiger partial charge in [0.1, 0.15) is 0 Å². The molecule has 1 unspecified atom stereocenters. The van der Waals surface area contributed by atoms with E-state index in [0.29, 0.717) is 0 Å². The van der Waals surface area contributed by atoms with Crippen LogP contribution in [0.1, 0.15) is 27.7 Å². The third kappa shape index (κ3) is 10.1. The summed E-state index contributed by atoms with van der Waals surface area (Å²) in [4.78, 5) is 2.28. The average molecular weight is 193 g/mol. The maximum Gasteiger partial charge on any atom is 0.0359 e. The van der Waals surface area contributed by atoms with Crippen LogP contribution in [0.4, 0.5) is 0 Å². The van der Waals surface area contributed by atoms with Gasteiger partial charge in [0.2, 0.25) is 0 Å². The van der Waals surface area contributed by atoms with E-state index >= 15 is 0 Å². The average Bonchev–Trinajstić information content (AvgIpc) is 2.09. The molecule has 0 rings (SSSR count). The molecular formula is C9H23NOS. The predicted molar refractivity (Wildman–Crippen MR) is 58.1 cm³/mol. The molecule has 0 spiro atoms. The molecule has 0 saturated heterocycles. The summed E-state index contributed by atoms with van der Waals surface area (Å²) < 4.78 is 10.7. The summed E-state index contributed by atoms with van der Waals surface area (Å²) in [6, 6.07) is 0. The monoisotopic (exact) mass is 193 g/mol. The Morgan fingerprint density at radius 3 is 1.83 bits per heavy atom. The Balaban J connectivity index is 0. The van der Waals surface area contributed by atoms with Crippen molar-refractivity contribution in [3.8, 4) is 0 Å². The predicted octanol–water partition coefficient (Wildman–Crippen LogP) is 1.73. The summed E-state index contributed by atoms with van der Waals surface area (Å²) in [5, 5.41) is 0. The van der Waals surface area contributed by atoms with Crippen molar-refractivity contribution < 1.29 is 4.21 Å². The van der Waals surface area contributed by atoms with E-state index in [1.54, 1.807) is 6.26 Å². The van der Waals surface area contributed by atoms with Gasteiger partial charge in [-0.15, -0.1) is 0 Å². The van der Waals surface area contributed by atoms with Crippen LogP contribution < -0.4 is 0 Å². The molecule has 0 saturated carbocycles. The van der Waals surface area contributed by atoms with E-state index in [-0.39, 0.29) is 0 Å². The molecule has 0 aromatic carbocycles. The zero-order chi connectivity index (χ0) is 9.98. The second-order valence-electron chi connectivity index (χ2n) is 2.30. The molecule has 2 nitrogen and oxygen atoms in total. The van der Waals surface area contributed by atoms with Crippen molar-refractivity contribution in [1.82, 2.24) is 4.90 Å². The Hall–Kier alpha value is 0.110. The van der Waals surface area contributed by atoms with Crippen LogP contribution in [0.5, 0.6) is 0 Å². The molecule has 12 heavy (non-hydrogen) atoms. The lowest BCUT2D eigenvalue weighted by atomic mass is 10.5. The molecule has 0 aromatic heterocycles. The van der Waals surface area contributed by atoms with Crippen molar-refractivity contribution >= 4 is 10.8 Å². The summed E-state index contributed by atoms with van der Waals surface area (Å²) in [7, 11) is -0.631. The van der Waals surface area contributed by atoms with Crippen molar-refractivity contribution in [2.45, 2.75) is 27.7 Å². The van der Waals surface area contributed by atoms with E-state index in [1.165, 1.54) is 0 Å². The van der Waals surface area contributed by atoms with Gasteiger partial charge in [0.25, 0.3) is 0 Å². The van der Waals surface area contributed by atoms with Gasteiger partial charge >= 0.3 is 0 Å². The first kappa shape index (κ1) is 14.6. The van der Waals surface area contributed by atoms with Crippen LogP contribution in [0.25, 0.3) is 0 Å². The van der Waals surface area contributed by atoms with Gasteiger partial charge in [-0.1, -0.05) is 27.7 Å². The van der Waals surface area contributed by atoms with E-state index in [4.69, 9.17) is 0 Å². The van der Waals surface area contributed by atoms with Crippen molar-refractivity contribution in [3.63, 3.8) is 0 Å². The molecule has 0 N–H and O–H groups in total. The van der Waals surface area contributed by atoms with Crippen molar-refractivity contribution in [1.29, 1.82) is 0 Å². The van der Waals surface area contributed by atoms with Crippen molar-refractivity contribution in [2.24, 2.45) is 0 Å². The fraction of sp³-hybridized carbons (Fsp3) is 1.00. The molecule has 0 bridgehead atoms. The fourth-order valence-corrected chi connectivity index (χ4v) is 1.31. The smallest absolute Gasteiger partial charge is 0.0359 e. The second kappa shape index (κ2) is 11.1. The lowest BCUT2D eigenvalue weighted by Gasteiger charge is -2.16. The SMILES string of the molecule is CC.CCN(CC)CCS(C)=O. The highest BCUT2D eigenvalue weighted by Gasteiger charge is 1.98. The van der Waals surface area contributed by atoms with Gasteiger partial charge in [-0.05, 0) is 13.1 Å². The van der Waals surface area contributed by atoms with Crippen molar-refractivity contribution in [3.05, 3.63) is 0 Å². The van der Waals surface area contributed by atoms with Gasteiger partial charge in [-0.3, -0.25) is 4.21 Å². The minimum Gasteiger partial charge on any atom is -0.303 e. The molecule has 0 aliphatic carbocycles. The second-order valence-corrected chi connectivity index (χ2v) is 3.86. The third-order valence-electron chi connectivity index (χ3n) is 1.59. The van der Waals surface area contributed by atoms with Crippen LogP contribution in [-0.4, -0.2) is 40.8 Å².